The van der Waals surface area contributed by atoms with Gasteiger partial charge in [0.15, 0.2) is 0 Å². The number of furan rings is 1. The first-order chi connectivity index (χ1) is 8.67. The molecule has 0 amide bonds. The first kappa shape index (κ1) is 13.0. The van der Waals surface area contributed by atoms with Crippen LogP contribution in [0.15, 0.2) is 39.6 Å². The van der Waals surface area contributed by atoms with Gasteiger partial charge in [0, 0.05) is 11.1 Å². The van der Waals surface area contributed by atoms with Gasteiger partial charge in [-0.2, -0.15) is 0 Å². The quantitative estimate of drug-likeness (QED) is 0.942. The predicted molar refractivity (Wildman–Crippen MR) is 70.0 cm³/mol. The minimum atomic E-state index is -0.819. The van der Waals surface area contributed by atoms with Crippen LogP contribution in [0, 0.1) is 0 Å². The van der Waals surface area contributed by atoms with Crippen molar-refractivity contribution in [2.45, 2.75) is 6.10 Å². The Labute approximate surface area is 113 Å². The van der Waals surface area contributed by atoms with Gasteiger partial charge in [-0.05, 0) is 34.1 Å². The molecule has 1 N–H and O–H groups in total. The molecule has 4 nitrogen and oxygen atoms in total. The summed E-state index contributed by atoms with van der Waals surface area (Å²) in [6, 6.07) is 5.21. The van der Waals surface area contributed by atoms with Gasteiger partial charge in [-0.3, -0.25) is 0 Å². The number of aliphatic hydroxyl groups is 1. The largest absolute Gasteiger partial charge is 0.496 e. The van der Waals surface area contributed by atoms with Gasteiger partial charge in [0.2, 0.25) is 0 Å². The molecule has 2 rings (SSSR count). The molecule has 0 radical (unpaired) electrons. The number of hydrogen-bond donors (Lipinski definition) is 1. The van der Waals surface area contributed by atoms with Crippen LogP contribution in [0.25, 0.3) is 0 Å². The zero-order valence-corrected chi connectivity index (χ0v) is 11.6. The van der Waals surface area contributed by atoms with Crippen molar-refractivity contribution in [2.75, 3.05) is 14.2 Å². The lowest BCUT2D eigenvalue weighted by Gasteiger charge is -2.16. The Bertz CT molecular complexity index is 522. The van der Waals surface area contributed by atoms with E-state index in [1.165, 1.54) is 12.5 Å². The van der Waals surface area contributed by atoms with Crippen molar-refractivity contribution in [2.24, 2.45) is 0 Å². The van der Waals surface area contributed by atoms with Gasteiger partial charge in [0.05, 0.1) is 31.2 Å². The Hall–Kier alpha value is -1.46. The molecule has 1 aromatic carbocycles. The summed E-state index contributed by atoms with van der Waals surface area (Å²) in [4.78, 5) is 0. The molecule has 0 saturated carbocycles. The highest BCUT2D eigenvalue weighted by Crippen LogP contribution is 2.37. The van der Waals surface area contributed by atoms with Gasteiger partial charge in [0.25, 0.3) is 0 Å². The number of hydrogen-bond acceptors (Lipinski definition) is 4. The molecule has 1 aromatic heterocycles. The Morgan fingerprint density at radius 1 is 1.22 bits per heavy atom. The van der Waals surface area contributed by atoms with Crippen molar-refractivity contribution >= 4 is 15.9 Å². The standard InChI is InChI=1S/C13H13BrO4/c1-16-11-6-10(14)12(17-2)5-9(11)13(15)8-3-4-18-7-8/h3-7,13,15H,1-2H3. The summed E-state index contributed by atoms with van der Waals surface area (Å²) in [5.74, 6) is 1.21. The third-order valence-electron chi connectivity index (χ3n) is 2.66. The van der Waals surface area contributed by atoms with Crippen LogP contribution >= 0.6 is 15.9 Å². The van der Waals surface area contributed by atoms with Crippen molar-refractivity contribution in [3.8, 4) is 11.5 Å². The van der Waals surface area contributed by atoms with Crippen molar-refractivity contribution in [1.29, 1.82) is 0 Å². The zero-order valence-electron chi connectivity index (χ0n) is 10.0. The lowest BCUT2D eigenvalue weighted by Crippen LogP contribution is -2.02. The molecule has 0 aliphatic carbocycles. The number of rotatable bonds is 4. The summed E-state index contributed by atoms with van der Waals surface area (Å²) >= 11 is 3.37. The summed E-state index contributed by atoms with van der Waals surface area (Å²) in [7, 11) is 3.13. The summed E-state index contributed by atoms with van der Waals surface area (Å²) in [6.07, 6.45) is 2.19. The zero-order chi connectivity index (χ0) is 13.1. The molecular formula is C13H13BrO4. The van der Waals surface area contributed by atoms with E-state index in [9.17, 15) is 5.11 Å². The highest BCUT2D eigenvalue weighted by molar-refractivity contribution is 9.10. The van der Waals surface area contributed by atoms with E-state index < -0.39 is 6.10 Å². The predicted octanol–water partition coefficient (Wildman–Crippen LogP) is 3.14. The Morgan fingerprint density at radius 3 is 2.50 bits per heavy atom. The van der Waals surface area contributed by atoms with Crippen molar-refractivity contribution in [1.82, 2.24) is 0 Å². The summed E-state index contributed by atoms with van der Waals surface area (Å²) < 4.78 is 16.2. The lowest BCUT2D eigenvalue weighted by molar-refractivity contribution is 0.213. The normalized spacial score (nSPS) is 12.2. The number of halogens is 1. The molecule has 0 aliphatic heterocycles. The van der Waals surface area contributed by atoms with Crippen molar-refractivity contribution in [3.05, 3.63) is 46.3 Å². The average Bonchev–Trinajstić information content (AvgIpc) is 2.91. The fraction of sp³-hybridized carbons (Fsp3) is 0.231. The molecule has 5 heteroatoms. The van der Waals surface area contributed by atoms with E-state index >= 15 is 0 Å². The van der Waals surface area contributed by atoms with E-state index in [0.29, 0.717) is 22.6 Å². The van der Waals surface area contributed by atoms with Crippen LogP contribution in [0.4, 0.5) is 0 Å². The number of benzene rings is 1. The fourth-order valence-corrected chi connectivity index (χ4v) is 2.19. The second-order valence-electron chi connectivity index (χ2n) is 3.69. The van der Waals surface area contributed by atoms with Crippen LogP contribution in [0.2, 0.25) is 0 Å². The third-order valence-corrected chi connectivity index (χ3v) is 3.28. The molecule has 1 atom stereocenters. The van der Waals surface area contributed by atoms with Gasteiger partial charge >= 0.3 is 0 Å². The maximum absolute atomic E-state index is 10.3. The first-order valence-electron chi connectivity index (χ1n) is 5.29. The van der Waals surface area contributed by atoms with E-state index in [2.05, 4.69) is 15.9 Å². The Balaban J connectivity index is 2.48. The number of aliphatic hydroxyl groups excluding tert-OH is 1. The molecule has 1 unspecified atom stereocenters. The molecule has 0 saturated heterocycles. The van der Waals surface area contributed by atoms with Gasteiger partial charge in [-0.15, -0.1) is 0 Å². The van der Waals surface area contributed by atoms with Crippen LogP contribution in [0.1, 0.15) is 17.2 Å². The molecule has 2 aromatic rings. The second kappa shape index (κ2) is 5.46. The highest BCUT2D eigenvalue weighted by atomic mass is 79.9. The van der Waals surface area contributed by atoms with Gasteiger partial charge in [-0.1, -0.05) is 0 Å². The second-order valence-corrected chi connectivity index (χ2v) is 4.54. The summed E-state index contributed by atoms with van der Waals surface area (Å²) in [5.41, 5.74) is 1.29. The van der Waals surface area contributed by atoms with Crippen LogP contribution in [0.5, 0.6) is 11.5 Å². The molecule has 0 bridgehead atoms. The molecule has 0 spiro atoms. The maximum atomic E-state index is 10.3. The van der Waals surface area contributed by atoms with E-state index in [0.717, 1.165) is 4.47 Å². The van der Waals surface area contributed by atoms with E-state index in [4.69, 9.17) is 13.9 Å². The molecule has 96 valence electrons. The van der Waals surface area contributed by atoms with E-state index in [1.54, 1.807) is 32.4 Å². The SMILES string of the molecule is COc1cc(C(O)c2ccoc2)c(OC)cc1Br. The maximum Gasteiger partial charge on any atom is 0.133 e. The van der Waals surface area contributed by atoms with Crippen LogP contribution < -0.4 is 9.47 Å². The highest BCUT2D eigenvalue weighted by Gasteiger charge is 2.19. The van der Waals surface area contributed by atoms with Gasteiger partial charge in [0.1, 0.15) is 17.6 Å². The fourth-order valence-electron chi connectivity index (χ4n) is 1.71. The van der Waals surface area contributed by atoms with Gasteiger partial charge in [-0.25, -0.2) is 0 Å². The minimum absolute atomic E-state index is 0.580. The molecule has 0 aliphatic rings. The summed E-state index contributed by atoms with van der Waals surface area (Å²) in [5, 5.41) is 10.3. The third kappa shape index (κ3) is 2.37. The summed E-state index contributed by atoms with van der Waals surface area (Å²) in [6.45, 7) is 0. The minimum Gasteiger partial charge on any atom is -0.496 e. The lowest BCUT2D eigenvalue weighted by atomic mass is 10.0. The number of ether oxygens (including phenoxy) is 2. The van der Waals surface area contributed by atoms with Crippen LogP contribution in [-0.4, -0.2) is 19.3 Å². The topological polar surface area (TPSA) is 51.8 Å². The average molecular weight is 313 g/mol. The Kier molecular flexibility index (Phi) is 3.93. The number of methoxy groups -OCH3 is 2. The van der Waals surface area contributed by atoms with Crippen molar-refractivity contribution in [3.63, 3.8) is 0 Å². The smallest absolute Gasteiger partial charge is 0.133 e. The van der Waals surface area contributed by atoms with Crippen LogP contribution in [-0.2, 0) is 0 Å². The molecule has 1 heterocycles. The Morgan fingerprint density at radius 2 is 1.94 bits per heavy atom. The van der Waals surface area contributed by atoms with Gasteiger partial charge < -0.3 is 19.0 Å². The monoisotopic (exact) mass is 312 g/mol. The van der Waals surface area contributed by atoms with Crippen molar-refractivity contribution < 1.29 is 19.0 Å². The first-order valence-corrected chi connectivity index (χ1v) is 6.08. The molecule has 0 fully saturated rings. The molecule has 18 heavy (non-hydrogen) atoms. The van der Waals surface area contributed by atoms with Crippen LogP contribution in [0.3, 0.4) is 0 Å². The molecular weight excluding hydrogens is 300 g/mol. The van der Waals surface area contributed by atoms with E-state index in [-0.39, 0.29) is 0 Å². The van der Waals surface area contributed by atoms with E-state index in [1.807, 2.05) is 0 Å².